The first kappa shape index (κ1) is 49.1. The lowest BCUT2D eigenvalue weighted by Gasteiger charge is -2.59. The van der Waals surface area contributed by atoms with Crippen molar-refractivity contribution < 1.29 is 53.1 Å². The van der Waals surface area contributed by atoms with Gasteiger partial charge in [0.25, 0.3) is 0 Å². The maximum absolute atomic E-state index is 14.7. The predicted octanol–water partition coefficient (Wildman–Crippen LogP) is 10.00. The number of aliphatic hydroxyl groups excluding tert-OH is 2. The van der Waals surface area contributed by atoms with Crippen molar-refractivity contribution in [2.75, 3.05) is 58.5 Å². The standard InChI is InChI=1S/C52H62ClN3O11/c1-5-27-64-52-47(56(51(60)63-28-24-53)33-36-17-13-16-34-14-7-8-18-39(34)36)32-44(55-65-6-2)41-29-35(15-9-11-25-57)40(19-10-12-26-58)48(49(41)52)42-30-38(21-23-45(42)67-52)66-50(59)54-43-22-20-37(61-3)31-46(43)62-4/h5,7-8,13-14,16-18,20-23,29-31,35,40,47-49,57-58H,1,6,9-12,15,19,24-28,32-33H2,2-4H3,(H,54,59). The molecule has 1 heterocycles. The molecule has 3 aliphatic rings. The summed E-state index contributed by atoms with van der Waals surface area (Å²) in [7, 11) is 3.05. The smallest absolute Gasteiger partial charge is 0.417 e. The van der Waals surface area contributed by atoms with Gasteiger partial charge in [-0.05, 0) is 96.7 Å². The maximum atomic E-state index is 14.7. The van der Waals surface area contributed by atoms with Crippen LogP contribution in [-0.2, 0) is 20.9 Å². The molecule has 0 bridgehead atoms. The van der Waals surface area contributed by atoms with E-state index in [-0.39, 0.29) is 68.8 Å². The fourth-order valence-corrected chi connectivity index (χ4v) is 10.2. The molecule has 4 aromatic rings. The zero-order valence-electron chi connectivity index (χ0n) is 38.5. The van der Waals surface area contributed by atoms with Crippen molar-refractivity contribution in [1.82, 2.24) is 4.90 Å². The Kier molecular flexibility index (Phi) is 17.1. The zero-order chi connectivity index (χ0) is 47.3. The lowest BCUT2D eigenvalue weighted by molar-refractivity contribution is -0.256. The highest BCUT2D eigenvalue weighted by atomic mass is 35.5. The van der Waals surface area contributed by atoms with Gasteiger partial charge in [0.1, 0.15) is 42.3 Å². The first-order chi connectivity index (χ1) is 32.7. The lowest BCUT2D eigenvalue weighted by Crippen LogP contribution is -2.70. The highest BCUT2D eigenvalue weighted by molar-refractivity contribution is 6.18. The molecule has 2 aliphatic carbocycles. The number of rotatable bonds is 22. The van der Waals surface area contributed by atoms with Crippen molar-refractivity contribution in [1.29, 1.82) is 0 Å². The molecule has 0 aromatic heterocycles. The van der Waals surface area contributed by atoms with E-state index in [0.29, 0.717) is 48.1 Å². The Morgan fingerprint density at radius 3 is 2.49 bits per heavy atom. The molecule has 15 heteroatoms. The summed E-state index contributed by atoms with van der Waals surface area (Å²) >= 11 is 6.14. The third-order valence-electron chi connectivity index (χ3n) is 12.9. The van der Waals surface area contributed by atoms with Crippen molar-refractivity contribution in [2.24, 2.45) is 22.9 Å². The molecule has 67 heavy (non-hydrogen) atoms. The van der Waals surface area contributed by atoms with Crippen LogP contribution in [0.2, 0.25) is 0 Å². The number of anilines is 1. The van der Waals surface area contributed by atoms with E-state index in [2.05, 4.69) is 18.0 Å². The summed E-state index contributed by atoms with van der Waals surface area (Å²) < 4.78 is 37.2. The number of benzene rings is 4. The van der Waals surface area contributed by atoms with Gasteiger partial charge in [-0.2, -0.15) is 0 Å². The average Bonchev–Trinajstić information content (AvgIpc) is 3.34. The maximum Gasteiger partial charge on any atom is 0.417 e. The number of aliphatic hydroxyl groups is 2. The van der Waals surface area contributed by atoms with Gasteiger partial charge < -0.3 is 43.5 Å². The van der Waals surface area contributed by atoms with Crippen LogP contribution in [0.3, 0.4) is 0 Å². The van der Waals surface area contributed by atoms with Crippen molar-refractivity contribution in [3.05, 3.63) is 114 Å². The Balaban J connectivity index is 1.42. The first-order valence-corrected chi connectivity index (χ1v) is 23.6. The van der Waals surface area contributed by atoms with Gasteiger partial charge in [0.2, 0.25) is 5.79 Å². The minimum atomic E-state index is -1.55. The van der Waals surface area contributed by atoms with Crippen LogP contribution < -0.4 is 24.3 Å². The molecule has 14 nitrogen and oxygen atoms in total. The van der Waals surface area contributed by atoms with Crippen LogP contribution in [0.1, 0.15) is 68.9 Å². The summed E-state index contributed by atoms with van der Waals surface area (Å²) in [5, 5.41) is 29.5. The highest BCUT2D eigenvalue weighted by Crippen LogP contribution is 2.62. The van der Waals surface area contributed by atoms with E-state index in [4.69, 9.17) is 50.0 Å². The molecule has 6 unspecified atom stereocenters. The van der Waals surface area contributed by atoms with Gasteiger partial charge in [-0.15, -0.1) is 18.2 Å². The van der Waals surface area contributed by atoms with Crippen LogP contribution in [0, 0.1) is 17.8 Å². The van der Waals surface area contributed by atoms with E-state index in [1.54, 1.807) is 48.4 Å². The molecule has 1 aliphatic heterocycles. The largest absolute Gasteiger partial charge is 0.497 e. The number of alkyl halides is 1. The molecule has 2 amide bonds. The summed E-state index contributed by atoms with van der Waals surface area (Å²) in [5.74, 6) is -0.789. The molecule has 7 rings (SSSR count). The van der Waals surface area contributed by atoms with Gasteiger partial charge in [0.15, 0.2) is 0 Å². The Morgan fingerprint density at radius 1 is 0.970 bits per heavy atom. The Morgan fingerprint density at radius 2 is 1.75 bits per heavy atom. The molecule has 4 aromatic carbocycles. The Labute approximate surface area is 397 Å². The van der Waals surface area contributed by atoms with E-state index in [0.717, 1.165) is 53.2 Å². The number of ether oxygens (including phenoxy) is 6. The fraction of sp³-hybridized carbons (Fsp3) is 0.442. The number of hydrogen-bond donors (Lipinski definition) is 3. The van der Waals surface area contributed by atoms with Crippen molar-refractivity contribution in [3.8, 4) is 23.0 Å². The van der Waals surface area contributed by atoms with Gasteiger partial charge in [0, 0.05) is 37.2 Å². The molecule has 0 radical (unpaired) electrons. The van der Waals surface area contributed by atoms with E-state index in [1.165, 1.54) is 7.11 Å². The van der Waals surface area contributed by atoms with Crippen LogP contribution >= 0.6 is 11.6 Å². The van der Waals surface area contributed by atoms with Gasteiger partial charge in [0.05, 0.1) is 50.6 Å². The Hall–Kier alpha value is -5.80. The predicted molar refractivity (Wildman–Crippen MR) is 257 cm³/mol. The number of oxime groups is 1. The number of unbranched alkanes of at least 4 members (excludes halogenated alkanes) is 2. The van der Waals surface area contributed by atoms with Crippen LogP contribution in [0.5, 0.6) is 23.0 Å². The van der Waals surface area contributed by atoms with E-state index in [9.17, 15) is 19.8 Å². The molecule has 0 saturated heterocycles. The minimum Gasteiger partial charge on any atom is -0.497 e. The summed E-state index contributed by atoms with van der Waals surface area (Å²) in [6.45, 7) is 6.49. The second-order valence-corrected chi connectivity index (χ2v) is 17.2. The number of carbonyl (C=O) groups excluding carboxylic acids is 2. The number of nitrogens with zero attached hydrogens (tertiary/aromatic N) is 2. The van der Waals surface area contributed by atoms with Gasteiger partial charge >= 0.3 is 12.2 Å². The number of hydrogen-bond acceptors (Lipinski definition) is 12. The van der Waals surface area contributed by atoms with E-state index >= 15 is 0 Å². The highest BCUT2D eigenvalue weighted by Gasteiger charge is 2.65. The second-order valence-electron chi connectivity index (χ2n) is 16.8. The zero-order valence-corrected chi connectivity index (χ0v) is 39.3. The van der Waals surface area contributed by atoms with Gasteiger partial charge in [-0.1, -0.05) is 72.6 Å². The first-order valence-electron chi connectivity index (χ1n) is 23.1. The number of nitrogens with one attached hydrogen (secondary N) is 1. The quantitative estimate of drug-likeness (QED) is 0.0297. The number of allylic oxidation sites excluding steroid dienone is 1. The van der Waals surface area contributed by atoms with E-state index < -0.39 is 29.9 Å². The summed E-state index contributed by atoms with van der Waals surface area (Å²) in [6, 6.07) is 23.5. The molecule has 6 atom stereocenters. The summed E-state index contributed by atoms with van der Waals surface area (Å²) in [4.78, 5) is 36.0. The van der Waals surface area contributed by atoms with Crippen molar-refractivity contribution in [2.45, 2.75) is 76.2 Å². The third-order valence-corrected chi connectivity index (χ3v) is 13.1. The van der Waals surface area contributed by atoms with Crippen LogP contribution in [-0.4, -0.2) is 98.0 Å². The number of halogens is 1. The van der Waals surface area contributed by atoms with Crippen molar-refractivity contribution >= 4 is 46.0 Å². The number of carbonyl (C=O) groups is 2. The molecule has 0 spiro atoms. The van der Waals surface area contributed by atoms with Crippen LogP contribution in [0.4, 0.5) is 15.3 Å². The number of amides is 2. The van der Waals surface area contributed by atoms with Gasteiger partial charge in [-0.3, -0.25) is 10.2 Å². The lowest BCUT2D eigenvalue weighted by atomic mass is 9.55. The summed E-state index contributed by atoms with van der Waals surface area (Å²) in [5.41, 5.74) is 3.57. The molecule has 358 valence electrons. The SMILES string of the molecule is C=CCOC12Oc3ccc(OC(=O)Nc4ccc(OC)cc4OC)cc3C3C(CCCCO)C(CCCCO)C=C(C(=NOCC)CC1N(Cc1cccc4ccccc14)C(=O)OCCCl)C32. The fourth-order valence-electron chi connectivity index (χ4n) is 10.1. The second kappa shape index (κ2) is 23.3. The molecular formula is C52H62ClN3O11. The minimum absolute atomic E-state index is 0.0104. The van der Waals surface area contributed by atoms with E-state index in [1.807, 2.05) is 55.5 Å². The van der Waals surface area contributed by atoms with Gasteiger partial charge in [-0.25, -0.2) is 9.59 Å². The Bertz CT molecular complexity index is 2400. The van der Waals surface area contributed by atoms with Crippen LogP contribution in [0.25, 0.3) is 10.8 Å². The third kappa shape index (κ3) is 10.8. The topological polar surface area (TPSA) is 167 Å². The molecular weight excluding hydrogens is 878 g/mol. The van der Waals surface area contributed by atoms with Crippen LogP contribution in [0.15, 0.2) is 108 Å². The number of fused-ring (bicyclic) bond motifs is 3. The average molecular weight is 941 g/mol. The molecule has 3 N–H and O–H groups in total. The monoisotopic (exact) mass is 939 g/mol. The number of methoxy groups -OCH3 is 2. The molecule has 1 saturated carbocycles. The molecule has 1 fully saturated rings. The summed E-state index contributed by atoms with van der Waals surface area (Å²) in [6.07, 6.45) is 6.98. The normalized spacial score (nSPS) is 22.1. The van der Waals surface area contributed by atoms with Crippen molar-refractivity contribution in [3.63, 3.8) is 0 Å².